The van der Waals surface area contributed by atoms with Gasteiger partial charge in [-0.25, -0.2) is 33.6 Å². The molecule has 784 valence electrons. The second-order valence-corrected chi connectivity index (χ2v) is 39.6. The van der Waals surface area contributed by atoms with Gasteiger partial charge in [-0.15, -0.1) is 0 Å². The number of carboxylic acid groups (broad SMARTS) is 1. The van der Waals surface area contributed by atoms with Gasteiger partial charge in [0.05, 0.1) is 51.6 Å². The summed E-state index contributed by atoms with van der Waals surface area (Å²) in [4.78, 5) is 200. The minimum Gasteiger partial charge on any atom is -0.480 e. The molecule has 44 heteroatoms. The predicted octanol–water partition coefficient (Wildman–Crippen LogP) is 7.78. The number of nitrogens with one attached hydrogen (secondary N) is 6. The van der Waals surface area contributed by atoms with Crippen LogP contribution in [0.3, 0.4) is 0 Å². The Morgan fingerprint density at radius 2 is 0.721 bits per heavy atom. The Morgan fingerprint density at radius 3 is 1.02 bits per heavy atom. The zero-order valence-corrected chi connectivity index (χ0v) is 85.7. The van der Waals surface area contributed by atoms with E-state index >= 15 is 0 Å². The fourth-order valence-corrected chi connectivity index (χ4v) is 15.5. The van der Waals surface area contributed by atoms with Crippen LogP contribution in [0.4, 0.5) is 28.8 Å². The Balaban J connectivity index is 0.000000565. The summed E-state index contributed by atoms with van der Waals surface area (Å²) >= 11 is 0. The fraction of sp³-hybridized carbons (Fsp3) is 0.615. The first-order chi connectivity index (χ1) is 65.5. The molecule has 0 radical (unpaired) electrons. The van der Waals surface area contributed by atoms with Crippen molar-refractivity contribution in [1.82, 2.24) is 60.9 Å². The number of Topliss-reactive ketones (excluding diaryl/α,β-unsaturated/α-hetero) is 8. The number of hydrogen-bond acceptors (Lipinski definition) is 33. The zero-order valence-electron chi connectivity index (χ0n) is 84.8. The molecule has 5 heterocycles. The maximum absolute atomic E-state index is 12.3. The number of guanidine groups is 1. The van der Waals surface area contributed by atoms with E-state index in [-0.39, 0.29) is 102 Å². The average molecular weight is 2000 g/mol. The number of aliphatic carboxylic acids is 1. The number of ether oxygens (including phenoxy) is 6. The first kappa shape index (κ1) is 124. The van der Waals surface area contributed by atoms with Crippen LogP contribution in [0.15, 0.2) is 102 Å². The lowest BCUT2D eigenvalue weighted by molar-refractivity contribution is -0.141. The number of methoxy groups -OCH3 is 2. The number of carbonyl (C=O) groups is 16. The van der Waals surface area contributed by atoms with Gasteiger partial charge in [0.1, 0.15) is 60.7 Å². The predicted molar refractivity (Wildman–Crippen MR) is 517 cm³/mol. The lowest BCUT2D eigenvalue weighted by Gasteiger charge is -2.36. The van der Waals surface area contributed by atoms with E-state index in [4.69, 9.17) is 48.7 Å². The fourth-order valence-electron chi connectivity index (χ4n) is 14.2. The van der Waals surface area contributed by atoms with E-state index in [1.807, 2.05) is 103 Å². The van der Waals surface area contributed by atoms with Crippen LogP contribution in [0.5, 0.6) is 0 Å². The van der Waals surface area contributed by atoms with E-state index in [1.54, 1.807) is 134 Å². The second kappa shape index (κ2) is 61.8. The van der Waals surface area contributed by atoms with Crippen LogP contribution in [0.1, 0.15) is 185 Å². The highest BCUT2D eigenvalue weighted by atomic mass is 31.2. The van der Waals surface area contributed by atoms with Gasteiger partial charge in [-0.1, -0.05) is 91.0 Å². The second-order valence-electron chi connectivity index (χ2n) is 37.3. The van der Waals surface area contributed by atoms with E-state index in [0.29, 0.717) is 152 Å². The molecule has 0 aliphatic carbocycles. The Morgan fingerprint density at radius 1 is 0.421 bits per heavy atom. The van der Waals surface area contributed by atoms with Gasteiger partial charge in [0.25, 0.3) is 0 Å². The molecule has 5 aliphatic heterocycles. The number of piperidine rings is 5. The summed E-state index contributed by atoms with van der Waals surface area (Å²) in [5, 5.41) is 66.2. The van der Waals surface area contributed by atoms with Gasteiger partial charge in [0.2, 0.25) is 11.7 Å². The quantitative estimate of drug-likeness (QED) is 0.00789. The van der Waals surface area contributed by atoms with E-state index in [1.165, 1.54) is 21.1 Å². The van der Waals surface area contributed by atoms with Crippen molar-refractivity contribution in [3.8, 4) is 0 Å². The third-order valence-electron chi connectivity index (χ3n) is 21.5. The number of alkyl carbamates (subject to hydrolysis) is 2. The molecular weight excluding hydrogens is 1850 g/mol. The van der Waals surface area contributed by atoms with Crippen LogP contribution >= 0.6 is 7.60 Å². The minimum absolute atomic E-state index is 0.0127. The topological polar surface area (TPSA) is 572 Å². The number of benzene rings is 3. The van der Waals surface area contributed by atoms with E-state index in [9.17, 15) is 91.5 Å². The molecule has 8 rings (SSSR count). The van der Waals surface area contributed by atoms with E-state index in [0.717, 1.165) is 19.8 Å². The van der Waals surface area contributed by atoms with Gasteiger partial charge in [-0.2, -0.15) is 0 Å². The molecule has 4 atom stereocenters. The first-order valence-electron chi connectivity index (χ1n) is 45.9. The van der Waals surface area contributed by atoms with Crippen molar-refractivity contribution in [2.24, 2.45) is 17.8 Å². The third kappa shape index (κ3) is 47.0. The summed E-state index contributed by atoms with van der Waals surface area (Å²) in [7, 11) is 8.27. The molecule has 0 spiro atoms. The van der Waals surface area contributed by atoms with Crippen molar-refractivity contribution in [2.75, 3.05) is 168 Å². The molecule has 5 saturated heterocycles. The lowest BCUT2D eigenvalue weighted by atomic mass is 9.87. The SMILES string of the molecule is CC(C)(C)OC(=O)N1CCC(=C(NCC(=O)c2ccccc2)C(=O)CO)CC1.CC(C)(C)OC(=O)N1CCC(=O)CC1.CC(C)(C)OC(=O)N1CCC([C@H](NCC(=O)c2ccccc2)C(=O)CO)CC1.CN(C)C(=N)N(C)C.COC(=O)N[C@H](C(=O)CO)C1CCN(C(=O)OC(C)(C)C)CC1.COC(=O)N[C@H](C(=O)O)C1CCN(C(C)=O)CC1.COP(=O)(OC)C(NCC(=O)c1ccccc1)C(=O)CO. The van der Waals surface area contributed by atoms with Crippen LogP contribution < -0.4 is 26.6 Å². The molecule has 7 amide bonds. The van der Waals surface area contributed by atoms with Crippen molar-refractivity contribution >= 4 is 108 Å². The number of hydrogen-bond donors (Lipinski definition) is 11. The molecular formula is C96H150N13O30P. The molecule has 0 bridgehead atoms. The van der Waals surface area contributed by atoms with E-state index in [2.05, 4.69) is 36.1 Å². The van der Waals surface area contributed by atoms with Crippen molar-refractivity contribution in [1.29, 1.82) is 5.41 Å². The summed E-state index contributed by atoms with van der Waals surface area (Å²) in [6.07, 6.45) is 2.33. The summed E-state index contributed by atoms with van der Waals surface area (Å²) in [6, 6.07) is 23.7. The highest BCUT2D eigenvalue weighted by Gasteiger charge is 2.42. The largest absolute Gasteiger partial charge is 0.480 e. The highest BCUT2D eigenvalue weighted by molar-refractivity contribution is 7.55. The van der Waals surface area contributed by atoms with Crippen LogP contribution in [-0.4, -0.2) is 375 Å². The van der Waals surface area contributed by atoms with Crippen molar-refractivity contribution in [3.63, 3.8) is 0 Å². The first-order valence-corrected chi connectivity index (χ1v) is 47.6. The molecule has 3 aromatic rings. The molecule has 1 unspecified atom stereocenters. The number of aliphatic hydroxyl groups excluding tert-OH is 4. The number of nitrogens with zero attached hydrogens (tertiary/aromatic N) is 7. The van der Waals surface area contributed by atoms with Crippen molar-refractivity contribution in [3.05, 3.63) is 119 Å². The Kier molecular flexibility index (Phi) is 54.9. The summed E-state index contributed by atoms with van der Waals surface area (Å²) in [5.74, 6) is -4.72. The number of amides is 7. The third-order valence-corrected chi connectivity index (χ3v) is 23.6. The van der Waals surface area contributed by atoms with Gasteiger partial charge in [-0.3, -0.25) is 63.8 Å². The number of aliphatic hydroxyl groups is 4. The molecule has 0 saturated carbocycles. The molecule has 140 heavy (non-hydrogen) atoms. The Hall–Kier alpha value is -11.7. The molecule has 5 aliphatic rings. The smallest absolute Gasteiger partial charge is 0.410 e. The molecule has 5 fully saturated rings. The molecule has 11 N–H and O–H groups in total. The molecule has 43 nitrogen and oxygen atoms in total. The van der Waals surface area contributed by atoms with Crippen molar-refractivity contribution < 1.29 is 144 Å². The Labute approximate surface area is 820 Å². The maximum atomic E-state index is 12.3. The number of rotatable bonds is 29. The lowest BCUT2D eigenvalue weighted by Crippen LogP contribution is -2.51. The van der Waals surface area contributed by atoms with Gasteiger partial charge in [0, 0.05) is 144 Å². The standard InChI is InChI=1S/C21H30N2O5.C21H28N2O5.C15H26N2O6.C13H18NO6P.C11H18N2O5.C10H17NO3.C5H13N3/c2*1-21(2,3)28-20(27)23-11-9-16(10-12-23)19(18(26)14-24)22-13-17(25)15-7-5-4-6-8-15;1-15(2,3)23-14(21)17-7-5-10(6-8-17)12(11(19)9-18)16-13(20)22-4;1-19-21(18,20-2)13(12(17)9-15)14-8-11(16)10-6-4-3-5-7-10;1-7(14)13-5-3-8(4-6-13)9(10(15)16)12-11(17)18-2;1-10(2,3)14-9(13)11-6-4-8(12)5-7-11;1-7(2)5(6)8(3)4/h4-8,16,19,22,24H,9-14H2,1-3H3;4-8,22,24H,9-14H2,1-3H3;10,12,18H,5-9H2,1-4H3,(H,16,20);3-7,13-15H,8-9H2,1-2H3;8-9H,3-6H2,1-2H3,(H,12,17)(H,15,16);4-7H2,1-3H3;6H,1-4H3/t19-;;12-;;9-;;/m0.0.0../s1. The summed E-state index contributed by atoms with van der Waals surface area (Å²) in [6.45, 7) is 25.0. The van der Waals surface area contributed by atoms with Gasteiger partial charge in [-0.05, 0) is 158 Å². The van der Waals surface area contributed by atoms with Crippen LogP contribution in [0.25, 0.3) is 0 Å². The highest BCUT2D eigenvalue weighted by Crippen LogP contribution is 2.50. The van der Waals surface area contributed by atoms with Crippen LogP contribution in [0.2, 0.25) is 0 Å². The number of carbonyl (C=O) groups excluding carboxylic acids is 15. The molecule has 3 aromatic carbocycles. The maximum Gasteiger partial charge on any atom is 0.410 e. The van der Waals surface area contributed by atoms with Gasteiger partial charge in [0.15, 0.2) is 46.4 Å². The van der Waals surface area contributed by atoms with Crippen LogP contribution in [0, 0.1) is 23.2 Å². The van der Waals surface area contributed by atoms with Crippen LogP contribution in [-0.2, 0) is 75.6 Å². The van der Waals surface area contributed by atoms with Gasteiger partial charge >= 0.3 is 50.1 Å². The van der Waals surface area contributed by atoms with Gasteiger partial charge < -0.3 is 113 Å². The Bertz CT molecular complexity index is 4550. The zero-order chi connectivity index (χ0) is 106. The normalized spacial score (nSPS) is 15.6. The summed E-state index contributed by atoms with van der Waals surface area (Å²) in [5.41, 5.74) is 0.516. The average Bonchev–Trinajstić information content (AvgIpc) is 0.825. The number of ketones is 8. The van der Waals surface area contributed by atoms with Crippen molar-refractivity contribution in [2.45, 2.75) is 201 Å². The molecule has 0 aromatic heterocycles. The summed E-state index contributed by atoms with van der Waals surface area (Å²) < 4.78 is 51.9. The van der Waals surface area contributed by atoms with E-state index < -0.39 is 116 Å². The minimum atomic E-state index is -3.78. The number of likely N-dealkylation sites (tertiary alicyclic amines) is 5. The monoisotopic (exact) mass is 2000 g/mol. The number of carboxylic acids is 1.